The van der Waals surface area contributed by atoms with Crippen LogP contribution in [0.1, 0.15) is 37.8 Å². The van der Waals surface area contributed by atoms with Crippen LogP contribution in [-0.4, -0.2) is 19.1 Å². The Morgan fingerprint density at radius 1 is 1.24 bits per heavy atom. The molecule has 0 bridgehead atoms. The summed E-state index contributed by atoms with van der Waals surface area (Å²) in [6.45, 7) is 8.94. The lowest BCUT2D eigenvalue weighted by Crippen LogP contribution is -2.50. The maximum absolute atomic E-state index is 3.77. The number of aryl methyl sites for hydroxylation is 1. The summed E-state index contributed by atoms with van der Waals surface area (Å²) in [6.07, 6.45) is 2.56. The van der Waals surface area contributed by atoms with E-state index in [9.17, 15) is 0 Å². The highest BCUT2D eigenvalue weighted by atomic mass is 15.0. The molecule has 1 aromatic carbocycles. The van der Waals surface area contributed by atoms with E-state index in [1.165, 1.54) is 30.5 Å². The second-order valence-corrected chi connectivity index (χ2v) is 5.68. The van der Waals surface area contributed by atoms with Crippen molar-refractivity contribution < 1.29 is 0 Å². The molecule has 2 nitrogen and oxygen atoms in total. The average molecular weight is 232 g/mol. The van der Waals surface area contributed by atoms with Crippen LogP contribution in [0.25, 0.3) is 0 Å². The van der Waals surface area contributed by atoms with Gasteiger partial charge in [-0.15, -0.1) is 0 Å². The van der Waals surface area contributed by atoms with Gasteiger partial charge in [0.15, 0.2) is 0 Å². The summed E-state index contributed by atoms with van der Waals surface area (Å²) >= 11 is 0. The van der Waals surface area contributed by atoms with Gasteiger partial charge in [-0.25, -0.2) is 0 Å². The molecule has 94 valence electrons. The normalized spacial score (nSPS) is 21.5. The molecule has 0 aromatic heterocycles. The highest BCUT2D eigenvalue weighted by Gasteiger charge is 2.24. The first kappa shape index (κ1) is 12.6. The van der Waals surface area contributed by atoms with Crippen LogP contribution >= 0.6 is 0 Å². The van der Waals surface area contributed by atoms with Crippen molar-refractivity contribution in [1.29, 1.82) is 0 Å². The van der Waals surface area contributed by atoms with Crippen molar-refractivity contribution in [2.75, 3.05) is 13.1 Å². The highest BCUT2D eigenvalue weighted by molar-refractivity contribution is 5.27. The molecule has 1 aliphatic rings. The Kier molecular flexibility index (Phi) is 3.85. The Balaban J connectivity index is 2.04. The van der Waals surface area contributed by atoms with E-state index in [0.29, 0.717) is 6.04 Å². The Bertz CT molecular complexity index is 348. The van der Waals surface area contributed by atoms with Crippen LogP contribution in [0.5, 0.6) is 0 Å². The number of piperidine rings is 1. The van der Waals surface area contributed by atoms with Gasteiger partial charge in [0.2, 0.25) is 0 Å². The predicted molar refractivity (Wildman–Crippen MR) is 73.2 cm³/mol. The van der Waals surface area contributed by atoms with Crippen molar-refractivity contribution in [1.82, 2.24) is 10.6 Å². The van der Waals surface area contributed by atoms with Gasteiger partial charge in [-0.05, 0) is 45.7 Å². The molecule has 0 radical (unpaired) electrons. The number of rotatable bonds is 3. The molecule has 1 aromatic rings. The van der Waals surface area contributed by atoms with Gasteiger partial charge in [0.1, 0.15) is 0 Å². The first-order valence-corrected chi connectivity index (χ1v) is 6.63. The summed E-state index contributed by atoms with van der Waals surface area (Å²) < 4.78 is 0. The Labute approximate surface area is 105 Å². The molecule has 2 rings (SSSR count). The molecule has 2 N–H and O–H groups in total. The Morgan fingerprint density at radius 2 is 1.94 bits per heavy atom. The topological polar surface area (TPSA) is 24.1 Å². The van der Waals surface area contributed by atoms with Gasteiger partial charge in [-0.2, -0.15) is 0 Å². The number of nitrogens with one attached hydrogen (secondary N) is 2. The first-order chi connectivity index (χ1) is 8.08. The van der Waals surface area contributed by atoms with Crippen molar-refractivity contribution in [2.24, 2.45) is 0 Å². The smallest absolute Gasteiger partial charge is 0.0380 e. The third kappa shape index (κ3) is 3.30. The minimum atomic E-state index is 0.0530. The maximum atomic E-state index is 3.77. The van der Waals surface area contributed by atoms with Crippen LogP contribution in [0.4, 0.5) is 0 Å². The fourth-order valence-corrected chi connectivity index (χ4v) is 2.54. The third-order valence-electron chi connectivity index (χ3n) is 3.64. The molecule has 1 aliphatic heterocycles. The van der Waals surface area contributed by atoms with E-state index in [2.05, 4.69) is 55.7 Å². The summed E-state index contributed by atoms with van der Waals surface area (Å²) in [5, 5.41) is 7.22. The van der Waals surface area contributed by atoms with Crippen LogP contribution in [0, 0.1) is 6.92 Å². The quantitative estimate of drug-likeness (QED) is 0.837. The molecule has 1 unspecified atom stereocenters. The van der Waals surface area contributed by atoms with E-state index in [1.807, 2.05) is 0 Å². The van der Waals surface area contributed by atoms with Gasteiger partial charge < -0.3 is 10.6 Å². The number of hydrogen-bond donors (Lipinski definition) is 2. The summed E-state index contributed by atoms with van der Waals surface area (Å²) in [7, 11) is 0. The fraction of sp³-hybridized carbons (Fsp3) is 0.600. The molecule has 1 fully saturated rings. The minimum Gasteiger partial charge on any atom is -0.315 e. The van der Waals surface area contributed by atoms with E-state index in [-0.39, 0.29) is 5.54 Å². The lowest BCUT2D eigenvalue weighted by Gasteiger charge is -2.34. The summed E-state index contributed by atoms with van der Waals surface area (Å²) in [5.41, 5.74) is 2.75. The molecule has 0 saturated carbocycles. The zero-order valence-corrected chi connectivity index (χ0v) is 11.2. The van der Waals surface area contributed by atoms with E-state index in [1.54, 1.807) is 0 Å². The monoisotopic (exact) mass is 232 g/mol. The van der Waals surface area contributed by atoms with Gasteiger partial charge in [0.05, 0.1) is 0 Å². The molecule has 0 amide bonds. The first-order valence-electron chi connectivity index (χ1n) is 6.63. The molecular weight excluding hydrogens is 208 g/mol. The van der Waals surface area contributed by atoms with Crippen molar-refractivity contribution >= 4 is 0 Å². The Morgan fingerprint density at radius 3 is 2.53 bits per heavy atom. The zero-order chi connectivity index (χ0) is 12.3. The second-order valence-electron chi connectivity index (χ2n) is 5.68. The fourth-order valence-electron chi connectivity index (χ4n) is 2.54. The molecular formula is C15H24N2. The van der Waals surface area contributed by atoms with Crippen molar-refractivity contribution in [3.8, 4) is 0 Å². The third-order valence-corrected chi connectivity index (χ3v) is 3.64. The summed E-state index contributed by atoms with van der Waals surface area (Å²) in [6, 6.07) is 9.45. The van der Waals surface area contributed by atoms with Crippen LogP contribution in [0.3, 0.4) is 0 Å². The van der Waals surface area contributed by atoms with E-state index >= 15 is 0 Å². The summed E-state index contributed by atoms with van der Waals surface area (Å²) in [5.74, 6) is 0. The Hall–Kier alpha value is -0.860. The van der Waals surface area contributed by atoms with Crippen LogP contribution in [-0.2, 0) is 5.54 Å². The summed E-state index contributed by atoms with van der Waals surface area (Å²) in [4.78, 5) is 0. The van der Waals surface area contributed by atoms with Crippen LogP contribution in [0.2, 0.25) is 0 Å². The maximum Gasteiger partial charge on any atom is 0.0380 e. The van der Waals surface area contributed by atoms with E-state index < -0.39 is 0 Å². The van der Waals surface area contributed by atoms with Gasteiger partial charge in [-0.1, -0.05) is 29.8 Å². The molecule has 2 heteroatoms. The largest absolute Gasteiger partial charge is 0.315 e. The van der Waals surface area contributed by atoms with E-state index in [0.717, 1.165) is 6.54 Å². The SMILES string of the molecule is Cc1ccc(C(C)(C)NC2CCCNC2)cc1. The molecule has 1 atom stereocenters. The van der Waals surface area contributed by atoms with Crippen LogP contribution in [0.15, 0.2) is 24.3 Å². The number of hydrogen-bond acceptors (Lipinski definition) is 2. The van der Waals surface area contributed by atoms with Gasteiger partial charge in [-0.3, -0.25) is 0 Å². The number of benzene rings is 1. The van der Waals surface area contributed by atoms with Gasteiger partial charge >= 0.3 is 0 Å². The highest BCUT2D eigenvalue weighted by Crippen LogP contribution is 2.22. The van der Waals surface area contributed by atoms with E-state index in [4.69, 9.17) is 0 Å². The lowest BCUT2D eigenvalue weighted by atomic mass is 9.91. The standard InChI is InChI=1S/C15H24N2/c1-12-6-8-13(9-7-12)15(2,3)17-14-5-4-10-16-11-14/h6-9,14,16-17H,4-5,10-11H2,1-3H3. The van der Waals surface area contributed by atoms with Crippen LogP contribution < -0.4 is 10.6 Å². The molecule has 1 heterocycles. The molecule has 0 aliphatic carbocycles. The minimum absolute atomic E-state index is 0.0530. The molecule has 1 saturated heterocycles. The average Bonchev–Trinajstić information content (AvgIpc) is 2.30. The van der Waals surface area contributed by atoms with Crippen molar-refractivity contribution in [3.63, 3.8) is 0 Å². The second kappa shape index (κ2) is 5.19. The van der Waals surface area contributed by atoms with Gasteiger partial charge in [0.25, 0.3) is 0 Å². The van der Waals surface area contributed by atoms with Gasteiger partial charge in [0, 0.05) is 18.1 Å². The lowest BCUT2D eigenvalue weighted by molar-refractivity contribution is 0.294. The van der Waals surface area contributed by atoms with Crippen molar-refractivity contribution in [3.05, 3.63) is 35.4 Å². The zero-order valence-electron chi connectivity index (χ0n) is 11.2. The molecule has 17 heavy (non-hydrogen) atoms. The molecule has 0 spiro atoms. The predicted octanol–water partition coefficient (Wildman–Crippen LogP) is 2.57. The van der Waals surface area contributed by atoms with Crippen molar-refractivity contribution in [2.45, 2.75) is 45.2 Å².